The van der Waals surface area contributed by atoms with Gasteiger partial charge < -0.3 is 9.47 Å². The summed E-state index contributed by atoms with van der Waals surface area (Å²) in [6, 6.07) is 0. The first-order valence-electron chi connectivity index (χ1n) is 4.97. The average molecular weight is 214 g/mol. The van der Waals surface area contributed by atoms with E-state index in [1.165, 1.54) is 14.0 Å². The van der Waals surface area contributed by atoms with Crippen molar-refractivity contribution in [3.8, 4) is 0 Å². The number of hydrogen-bond acceptors (Lipinski definition) is 4. The molecule has 0 bridgehead atoms. The van der Waals surface area contributed by atoms with Crippen LogP contribution in [0.3, 0.4) is 0 Å². The maximum atomic E-state index is 11.2. The number of rotatable bonds is 6. The molecule has 0 aliphatic heterocycles. The van der Waals surface area contributed by atoms with Crippen molar-refractivity contribution in [3.05, 3.63) is 12.2 Å². The van der Waals surface area contributed by atoms with Crippen LogP contribution in [0.4, 0.5) is 0 Å². The molecule has 0 aromatic carbocycles. The third-order valence-electron chi connectivity index (χ3n) is 1.96. The zero-order valence-electron chi connectivity index (χ0n) is 9.54. The summed E-state index contributed by atoms with van der Waals surface area (Å²) in [5.41, 5.74) is 0.196. The van der Waals surface area contributed by atoms with Crippen LogP contribution in [0.1, 0.15) is 33.1 Å². The smallest absolute Gasteiger partial charge is 0.336 e. The predicted octanol–water partition coefficient (Wildman–Crippen LogP) is 1.84. The summed E-state index contributed by atoms with van der Waals surface area (Å²) in [6.07, 6.45) is 1.87. The minimum atomic E-state index is -0.560. The second-order valence-electron chi connectivity index (χ2n) is 3.26. The highest BCUT2D eigenvalue weighted by atomic mass is 16.6. The highest BCUT2D eigenvalue weighted by Gasteiger charge is 2.21. The molecule has 0 aliphatic rings. The van der Waals surface area contributed by atoms with E-state index in [1.54, 1.807) is 0 Å². The van der Waals surface area contributed by atoms with Gasteiger partial charge in [0.05, 0.1) is 12.7 Å². The van der Waals surface area contributed by atoms with Crippen molar-refractivity contribution in [1.29, 1.82) is 0 Å². The van der Waals surface area contributed by atoms with Gasteiger partial charge in [0.25, 0.3) is 0 Å². The summed E-state index contributed by atoms with van der Waals surface area (Å²) in [4.78, 5) is 22.0. The Morgan fingerprint density at radius 1 is 1.40 bits per heavy atom. The van der Waals surface area contributed by atoms with Crippen LogP contribution in [0.5, 0.6) is 0 Å². The molecule has 0 fully saturated rings. The lowest BCUT2D eigenvalue weighted by atomic mass is 10.1. The van der Waals surface area contributed by atoms with E-state index in [0.29, 0.717) is 6.42 Å². The Hall–Kier alpha value is -1.32. The lowest BCUT2D eigenvalue weighted by Crippen LogP contribution is -2.24. The first-order valence-corrected chi connectivity index (χ1v) is 4.97. The SMILES string of the molecule is C=C(C(=O)OC)C(CCCC)OC(C)=O. The minimum absolute atomic E-state index is 0.196. The molecule has 15 heavy (non-hydrogen) atoms. The van der Waals surface area contributed by atoms with Crippen LogP contribution < -0.4 is 0 Å². The lowest BCUT2D eigenvalue weighted by Gasteiger charge is -2.17. The number of carbonyl (C=O) groups excluding carboxylic acids is 2. The Morgan fingerprint density at radius 3 is 2.40 bits per heavy atom. The van der Waals surface area contributed by atoms with Gasteiger partial charge in [0.15, 0.2) is 0 Å². The highest BCUT2D eigenvalue weighted by Crippen LogP contribution is 2.14. The van der Waals surface area contributed by atoms with Crippen molar-refractivity contribution in [3.63, 3.8) is 0 Å². The quantitative estimate of drug-likeness (QED) is 0.500. The summed E-state index contributed by atoms with van der Waals surface area (Å²) in [5.74, 6) is -0.946. The third kappa shape index (κ3) is 5.20. The molecule has 1 atom stereocenters. The van der Waals surface area contributed by atoms with Gasteiger partial charge in [-0.2, -0.15) is 0 Å². The molecule has 0 saturated carbocycles. The van der Waals surface area contributed by atoms with Gasteiger partial charge in [-0.25, -0.2) is 4.79 Å². The third-order valence-corrected chi connectivity index (χ3v) is 1.96. The molecule has 0 radical (unpaired) electrons. The Labute approximate surface area is 90.2 Å². The monoisotopic (exact) mass is 214 g/mol. The van der Waals surface area contributed by atoms with Crippen LogP contribution in [-0.2, 0) is 19.1 Å². The fourth-order valence-electron chi connectivity index (χ4n) is 1.16. The normalized spacial score (nSPS) is 11.7. The van der Waals surface area contributed by atoms with Crippen LogP contribution in [0.2, 0.25) is 0 Å². The van der Waals surface area contributed by atoms with Crippen molar-refractivity contribution in [2.24, 2.45) is 0 Å². The summed E-state index contributed by atoms with van der Waals surface area (Å²) in [6.45, 7) is 6.91. The second-order valence-corrected chi connectivity index (χ2v) is 3.26. The van der Waals surface area contributed by atoms with Crippen molar-refractivity contribution in [1.82, 2.24) is 0 Å². The van der Waals surface area contributed by atoms with Crippen molar-refractivity contribution in [2.75, 3.05) is 7.11 Å². The van der Waals surface area contributed by atoms with Gasteiger partial charge in [0.1, 0.15) is 6.10 Å². The zero-order chi connectivity index (χ0) is 11.8. The molecular formula is C11H18O4. The molecule has 0 saturated heterocycles. The molecule has 0 aromatic rings. The van der Waals surface area contributed by atoms with E-state index in [4.69, 9.17) is 4.74 Å². The molecule has 0 aromatic heterocycles. The molecular weight excluding hydrogens is 196 g/mol. The van der Waals surface area contributed by atoms with E-state index in [1.807, 2.05) is 6.92 Å². The first-order chi connectivity index (χ1) is 7.02. The standard InChI is InChI=1S/C11H18O4/c1-5-6-7-10(15-9(3)12)8(2)11(13)14-4/h10H,2,5-7H2,1,3-4H3. The van der Waals surface area contributed by atoms with E-state index in [-0.39, 0.29) is 5.57 Å². The number of methoxy groups -OCH3 is 1. The zero-order valence-corrected chi connectivity index (χ0v) is 9.54. The molecule has 0 aliphatic carbocycles. The van der Waals surface area contributed by atoms with Gasteiger partial charge in [0, 0.05) is 6.92 Å². The van der Waals surface area contributed by atoms with Gasteiger partial charge >= 0.3 is 11.9 Å². The van der Waals surface area contributed by atoms with E-state index in [2.05, 4.69) is 11.3 Å². The fraction of sp³-hybridized carbons (Fsp3) is 0.636. The van der Waals surface area contributed by atoms with Crippen LogP contribution in [0.15, 0.2) is 12.2 Å². The van der Waals surface area contributed by atoms with E-state index in [9.17, 15) is 9.59 Å². The molecule has 0 rings (SSSR count). The summed E-state index contributed by atoms with van der Waals surface area (Å²) < 4.78 is 9.52. The first kappa shape index (κ1) is 13.7. The second kappa shape index (κ2) is 7.04. The molecule has 0 N–H and O–H groups in total. The van der Waals surface area contributed by atoms with E-state index >= 15 is 0 Å². The maximum absolute atomic E-state index is 11.2. The summed E-state index contributed by atoms with van der Waals surface area (Å²) in [7, 11) is 1.28. The number of unbranched alkanes of at least 4 members (excludes halogenated alkanes) is 1. The van der Waals surface area contributed by atoms with Crippen molar-refractivity contribution in [2.45, 2.75) is 39.2 Å². The molecule has 0 spiro atoms. The number of hydrogen-bond donors (Lipinski definition) is 0. The fourth-order valence-corrected chi connectivity index (χ4v) is 1.16. The molecule has 0 heterocycles. The predicted molar refractivity (Wildman–Crippen MR) is 56.2 cm³/mol. The highest BCUT2D eigenvalue weighted by molar-refractivity contribution is 5.89. The van der Waals surface area contributed by atoms with Gasteiger partial charge in [-0.05, 0) is 12.8 Å². The Morgan fingerprint density at radius 2 is 2.00 bits per heavy atom. The Bertz CT molecular complexity index is 245. The van der Waals surface area contributed by atoms with Gasteiger partial charge in [0.2, 0.25) is 0 Å². The topological polar surface area (TPSA) is 52.6 Å². The van der Waals surface area contributed by atoms with E-state index < -0.39 is 18.0 Å². The summed E-state index contributed by atoms with van der Waals surface area (Å²) >= 11 is 0. The minimum Gasteiger partial charge on any atom is -0.466 e. The van der Waals surface area contributed by atoms with Gasteiger partial charge in [-0.15, -0.1) is 0 Å². The van der Waals surface area contributed by atoms with Crippen LogP contribution in [0.25, 0.3) is 0 Å². The van der Waals surface area contributed by atoms with Crippen LogP contribution in [0, 0.1) is 0 Å². The largest absolute Gasteiger partial charge is 0.466 e. The maximum Gasteiger partial charge on any atom is 0.336 e. The molecule has 0 amide bonds. The molecule has 4 nitrogen and oxygen atoms in total. The van der Waals surface area contributed by atoms with Gasteiger partial charge in [-0.1, -0.05) is 19.9 Å². The van der Waals surface area contributed by atoms with Gasteiger partial charge in [-0.3, -0.25) is 4.79 Å². The van der Waals surface area contributed by atoms with Crippen LogP contribution in [-0.4, -0.2) is 25.2 Å². The Kier molecular flexibility index (Phi) is 6.42. The average Bonchev–Trinajstić information content (AvgIpc) is 2.21. The number of carbonyl (C=O) groups is 2. The molecule has 4 heteroatoms. The Balaban J connectivity index is 4.39. The molecule has 1 unspecified atom stereocenters. The van der Waals surface area contributed by atoms with Crippen molar-refractivity contribution >= 4 is 11.9 Å². The van der Waals surface area contributed by atoms with Crippen LogP contribution >= 0.6 is 0 Å². The number of ether oxygens (including phenoxy) is 2. The van der Waals surface area contributed by atoms with Crippen molar-refractivity contribution < 1.29 is 19.1 Å². The summed E-state index contributed by atoms with van der Waals surface area (Å²) in [5, 5.41) is 0. The number of esters is 2. The molecule has 86 valence electrons. The lowest BCUT2D eigenvalue weighted by molar-refractivity contribution is -0.147. The van der Waals surface area contributed by atoms with E-state index in [0.717, 1.165) is 12.8 Å².